The van der Waals surface area contributed by atoms with Gasteiger partial charge < -0.3 is 13.3 Å². The van der Waals surface area contributed by atoms with Crippen LogP contribution in [0.5, 0.6) is 0 Å². The summed E-state index contributed by atoms with van der Waals surface area (Å²) in [5.74, 6) is 0. The predicted octanol–water partition coefficient (Wildman–Crippen LogP) is 2.56. The summed E-state index contributed by atoms with van der Waals surface area (Å²) in [4.78, 5) is 0. The number of aryl methyl sites for hydroxylation is 2. The third-order valence-electron chi connectivity index (χ3n) is 2.58. The highest BCUT2D eigenvalue weighted by Gasteiger charge is 2.43. The zero-order chi connectivity index (χ0) is 13.6. The lowest BCUT2D eigenvalue weighted by Gasteiger charge is -2.29. The van der Waals surface area contributed by atoms with Crippen molar-refractivity contribution in [1.29, 1.82) is 0 Å². The fraction of sp³-hybridized carbons (Fsp3) is 0.571. The average molecular weight is 268 g/mol. The van der Waals surface area contributed by atoms with E-state index in [-0.39, 0.29) is 0 Å². The SMILES string of the molecule is CCO[Si](OCC)(OCC)c1cc(C)cc(C)c1. The molecule has 0 spiro atoms. The van der Waals surface area contributed by atoms with E-state index in [1.54, 1.807) is 0 Å². The van der Waals surface area contributed by atoms with Crippen LogP contribution in [0.4, 0.5) is 0 Å². The molecular formula is C14H24O3Si. The van der Waals surface area contributed by atoms with Crippen molar-refractivity contribution in [3.05, 3.63) is 29.3 Å². The summed E-state index contributed by atoms with van der Waals surface area (Å²) in [6.45, 7) is 11.9. The molecule has 0 aliphatic heterocycles. The molecular weight excluding hydrogens is 244 g/mol. The summed E-state index contributed by atoms with van der Waals surface area (Å²) in [6, 6.07) is 6.37. The molecule has 0 unspecified atom stereocenters. The summed E-state index contributed by atoms with van der Waals surface area (Å²) in [7, 11) is -2.73. The first-order chi connectivity index (χ1) is 8.57. The zero-order valence-electron chi connectivity index (χ0n) is 12.1. The van der Waals surface area contributed by atoms with Gasteiger partial charge in [-0.15, -0.1) is 0 Å². The Labute approximate surface area is 111 Å². The second-order valence-corrected chi connectivity index (χ2v) is 6.79. The molecule has 0 atom stereocenters. The number of benzene rings is 1. The van der Waals surface area contributed by atoms with Crippen molar-refractivity contribution in [2.24, 2.45) is 0 Å². The van der Waals surface area contributed by atoms with Crippen LogP contribution in [-0.2, 0) is 13.3 Å². The van der Waals surface area contributed by atoms with Gasteiger partial charge >= 0.3 is 8.80 Å². The Morgan fingerprint density at radius 1 is 0.778 bits per heavy atom. The van der Waals surface area contributed by atoms with E-state index in [9.17, 15) is 0 Å². The normalized spacial score (nSPS) is 11.8. The lowest BCUT2D eigenvalue weighted by atomic mass is 10.2. The maximum atomic E-state index is 5.90. The van der Waals surface area contributed by atoms with E-state index in [1.165, 1.54) is 11.1 Å². The Bertz CT molecular complexity index is 342. The molecule has 0 aliphatic rings. The lowest BCUT2D eigenvalue weighted by molar-refractivity contribution is 0.0859. The van der Waals surface area contributed by atoms with Crippen LogP contribution >= 0.6 is 0 Å². The maximum absolute atomic E-state index is 5.90. The Hall–Kier alpha value is -0.683. The fourth-order valence-corrected chi connectivity index (χ4v) is 4.80. The molecule has 1 rings (SSSR count). The van der Waals surface area contributed by atoms with Crippen LogP contribution in [-0.4, -0.2) is 28.6 Å². The van der Waals surface area contributed by atoms with Gasteiger partial charge in [-0.3, -0.25) is 0 Å². The van der Waals surface area contributed by atoms with Crippen molar-refractivity contribution in [3.8, 4) is 0 Å². The van der Waals surface area contributed by atoms with Gasteiger partial charge in [-0.05, 0) is 34.6 Å². The summed E-state index contributed by atoms with van der Waals surface area (Å²) in [5.41, 5.74) is 2.42. The molecule has 102 valence electrons. The molecule has 0 saturated heterocycles. The molecule has 0 saturated carbocycles. The minimum Gasteiger partial charge on any atom is -0.370 e. The monoisotopic (exact) mass is 268 g/mol. The summed E-state index contributed by atoms with van der Waals surface area (Å²) in [6.07, 6.45) is 0. The van der Waals surface area contributed by atoms with Crippen LogP contribution in [0.25, 0.3) is 0 Å². The molecule has 0 aliphatic carbocycles. The highest BCUT2D eigenvalue weighted by Crippen LogP contribution is 2.13. The summed E-state index contributed by atoms with van der Waals surface area (Å²) < 4.78 is 17.7. The van der Waals surface area contributed by atoms with Crippen LogP contribution < -0.4 is 5.19 Å². The summed E-state index contributed by atoms with van der Waals surface area (Å²) >= 11 is 0. The fourth-order valence-electron chi connectivity index (χ4n) is 2.10. The minimum atomic E-state index is -2.73. The first-order valence-electron chi connectivity index (χ1n) is 6.58. The second-order valence-electron chi connectivity index (χ2n) is 4.23. The predicted molar refractivity (Wildman–Crippen MR) is 76.2 cm³/mol. The van der Waals surface area contributed by atoms with Crippen LogP contribution in [0.3, 0.4) is 0 Å². The largest absolute Gasteiger partial charge is 0.537 e. The zero-order valence-corrected chi connectivity index (χ0v) is 13.1. The Balaban J connectivity index is 3.20. The van der Waals surface area contributed by atoms with Gasteiger partial charge in [0.1, 0.15) is 0 Å². The molecule has 0 heterocycles. The molecule has 0 radical (unpaired) electrons. The van der Waals surface area contributed by atoms with E-state index in [0.717, 1.165) is 5.19 Å². The molecule has 0 amide bonds. The number of rotatable bonds is 7. The maximum Gasteiger partial charge on any atom is 0.537 e. The molecule has 1 aromatic carbocycles. The quantitative estimate of drug-likeness (QED) is 0.711. The molecule has 0 N–H and O–H groups in total. The Kier molecular flexibility index (Phi) is 6.01. The van der Waals surface area contributed by atoms with Gasteiger partial charge in [-0.1, -0.05) is 29.3 Å². The lowest BCUT2D eigenvalue weighted by Crippen LogP contribution is -2.57. The van der Waals surface area contributed by atoms with Crippen molar-refractivity contribution < 1.29 is 13.3 Å². The molecule has 1 aromatic rings. The van der Waals surface area contributed by atoms with Gasteiger partial charge in [0, 0.05) is 25.0 Å². The van der Waals surface area contributed by atoms with Crippen molar-refractivity contribution in [2.45, 2.75) is 34.6 Å². The highest BCUT2D eigenvalue weighted by molar-refractivity contribution is 6.75. The van der Waals surface area contributed by atoms with Crippen LogP contribution in [0.2, 0.25) is 0 Å². The van der Waals surface area contributed by atoms with E-state index in [2.05, 4.69) is 32.0 Å². The molecule has 18 heavy (non-hydrogen) atoms. The van der Waals surface area contributed by atoms with Gasteiger partial charge in [-0.2, -0.15) is 0 Å². The van der Waals surface area contributed by atoms with Crippen LogP contribution in [0, 0.1) is 13.8 Å². The molecule has 3 nitrogen and oxygen atoms in total. The number of hydrogen-bond donors (Lipinski definition) is 0. The van der Waals surface area contributed by atoms with E-state index >= 15 is 0 Å². The third-order valence-corrected chi connectivity index (χ3v) is 5.58. The first kappa shape index (κ1) is 15.4. The smallest absolute Gasteiger partial charge is 0.370 e. The first-order valence-corrected chi connectivity index (χ1v) is 8.31. The van der Waals surface area contributed by atoms with E-state index < -0.39 is 8.80 Å². The third kappa shape index (κ3) is 3.65. The number of hydrogen-bond acceptors (Lipinski definition) is 3. The Morgan fingerprint density at radius 2 is 1.17 bits per heavy atom. The van der Waals surface area contributed by atoms with Gasteiger partial charge in [-0.25, -0.2) is 0 Å². The van der Waals surface area contributed by atoms with Crippen LogP contribution in [0.1, 0.15) is 31.9 Å². The Morgan fingerprint density at radius 3 is 1.50 bits per heavy atom. The summed E-state index contributed by atoms with van der Waals surface area (Å²) in [5, 5.41) is 1.06. The van der Waals surface area contributed by atoms with Crippen LogP contribution in [0.15, 0.2) is 18.2 Å². The molecule has 4 heteroatoms. The van der Waals surface area contributed by atoms with E-state index in [1.807, 2.05) is 20.8 Å². The molecule has 0 bridgehead atoms. The van der Waals surface area contributed by atoms with Gasteiger partial charge in [0.2, 0.25) is 0 Å². The van der Waals surface area contributed by atoms with E-state index in [0.29, 0.717) is 19.8 Å². The average Bonchev–Trinajstić information content (AvgIpc) is 2.28. The van der Waals surface area contributed by atoms with Gasteiger partial charge in [0.15, 0.2) is 0 Å². The van der Waals surface area contributed by atoms with Crippen molar-refractivity contribution >= 4 is 14.0 Å². The standard InChI is InChI=1S/C14H24O3Si/c1-6-15-18(16-7-2,17-8-3)14-10-12(4)9-13(5)11-14/h9-11H,6-8H2,1-5H3. The second kappa shape index (κ2) is 7.04. The van der Waals surface area contributed by atoms with E-state index in [4.69, 9.17) is 13.3 Å². The van der Waals surface area contributed by atoms with Crippen molar-refractivity contribution in [2.75, 3.05) is 19.8 Å². The van der Waals surface area contributed by atoms with Gasteiger partial charge in [0.05, 0.1) is 0 Å². The molecule has 0 fully saturated rings. The van der Waals surface area contributed by atoms with Crippen molar-refractivity contribution in [1.82, 2.24) is 0 Å². The molecule has 0 aromatic heterocycles. The topological polar surface area (TPSA) is 27.7 Å². The van der Waals surface area contributed by atoms with Crippen molar-refractivity contribution in [3.63, 3.8) is 0 Å². The van der Waals surface area contributed by atoms with Gasteiger partial charge in [0.25, 0.3) is 0 Å². The highest BCUT2D eigenvalue weighted by atomic mass is 28.4. The minimum absolute atomic E-state index is 0.596.